The van der Waals surface area contributed by atoms with Crippen molar-refractivity contribution in [1.29, 1.82) is 0 Å². The van der Waals surface area contributed by atoms with Gasteiger partial charge in [-0.3, -0.25) is 14.3 Å². The first kappa shape index (κ1) is 21.4. The predicted molar refractivity (Wildman–Crippen MR) is 122 cm³/mol. The first-order chi connectivity index (χ1) is 15.0. The van der Waals surface area contributed by atoms with E-state index in [1.165, 1.54) is 31.0 Å². The van der Waals surface area contributed by atoms with E-state index in [0.717, 1.165) is 29.5 Å². The number of amides is 1. The summed E-state index contributed by atoms with van der Waals surface area (Å²) >= 11 is 1.37. The van der Waals surface area contributed by atoms with Gasteiger partial charge in [-0.2, -0.15) is 0 Å². The average molecular weight is 441 g/mol. The molecule has 9 heteroatoms. The highest BCUT2D eigenvalue weighted by Gasteiger charge is 2.23. The Labute approximate surface area is 185 Å². The molecule has 164 valence electrons. The number of carbonyl (C=O) groups is 1. The molecule has 3 aromatic rings. The Morgan fingerprint density at radius 1 is 1.13 bits per heavy atom. The first-order valence-electron chi connectivity index (χ1n) is 10.7. The van der Waals surface area contributed by atoms with Crippen LogP contribution in [0.15, 0.2) is 40.3 Å². The van der Waals surface area contributed by atoms with Gasteiger partial charge in [-0.25, -0.2) is 4.68 Å². The molecular formula is C22H28N6O2S. The van der Waals surface area contributed by atoms with Crippen LogP contribution in [0, 0.1) is 13.8 Å². The van der Waals surface area contributed by atoms with E-state index in [1.807, 2.05) is 51.2 Å². The van der Waals surface area contributed by atoms with Crippen LogP contribution in [0.25, 0.3) is 5.69 Å². The summed E-state index contributed by atoms with van der Waals surface area (Å²) in [5, 5.41) is 12.1. The minimum absolute atomic E-state index is 0.171. The van der Waals surface area contributed by atoms with Crippen LogP contribution in [0.1, 0.15) is 49.7 Å². The van der Waals surface area contributed by atoms with Crippen LogP contribution in [-0.2, 0) is 11.8 Å². The summed E-state index contributed by atoms with van der Waals surface area (Å²) in [6, 6.07) is 9.79. The van der Waals surface area contributed by atoms with Gasteiger partial charge in [0, 0.05) is 13.1 Å². The van der Waals surface area contributed by atoms with E-state index in [-0.39, 0.29) is 17.2 Å². The Balaban J connectivity index is 1.48. The molecule has 0 radical (unpaired) electrons. The maximum absolute atomic E-state index is 13.0. The molecule has 4 rings (SSSR count). The molecule has 1 aromatic carbocycles. The number of hydrogen-bond acceptors (Lipinski definition) is 5. The Morgan fingerprint density at radius 2 is 1.84 bits per heavy atom. The molecule has 1 N–H and O–H groups in total. The third kappa shape index (κ3) is 4.32. The van der Waals surface area contributed by atoms with Crippen molar-refractivity contribution in [2.24, 2.45) is 7.05 Å². The molecular weight excluding hydrogens is 412 g/mol. The lowest BCUT2D eigenvalue weighted by atomic mass is 9.95. The molecule has 31 heavy (non-hydrogen) atoms. The Bertz CT molecular complexity index is 1130. The highest BCUT2D eigenvalue weighted by Crippen LogP contribution is 2.32. The molecule has 1 aliphatic rings. The van der Waals surface area contributed by atoms with Crippen LogP contribution < -0.4 is 10.9 Å². The van der Waals surface area contributed by atoms with Crippen molar-refractivity contribution >= 4 is 23.4 Å². The highest BCUT2D eigenvalue weighted by atomic mass is 32.2. The van der Waals surface area contributed by atoms with E-state index >= 15 is 0 Å². The largest absolute Gasteiger partial charge is 0.319 e. The van der Waals surface area contributed by atoms with Crippen LogP contribution >= 0.6 is 11.8 Å². The minimum atomic E-state index is -0.245. The normalized spacial score (nSPS) is 14.7. The summed E-state index contributed by atoms with van der Waals surface area (Å²) in [6.07, 6.45) is 5.96. The fourth-order valence-electron chi connectivity index (χ4n) is 4.23. The maximum atomic E-state index is 13.0. The molecule has 2 heterocycles. The number of nitrogens with one attached hydrogen (secondary N) is 1. The smallest absolute Gasteiger partial charge is 0.295 e. The first-order valence-corrected chi connectivity index (χ1v) is 11.6. The van der Waals surface area contributed by atoms with Crippen LogP contribution in [0.3, 0.4) is 0 Å². The van der Waals surface area contributed by atoms with E-state index in [9.17, 15) is 9.59 Å². The van der Waals surface area contributed by atoms with Gasteiger partial charge < -0.3 is 9.88 Å². The number of nitrogens with zero attached hydrogens (tertiary/aromatic N) is 5. The standard InChI is InChI=1S/C22H28N6O2S/c1-15-20(21(30)28(26(15)3)18-12-8-5-9-13-18)23-19(29)14-31-22-25-24-16(2)27(22)17-10-6-4-7-11-17/h5,8-9,12-13,17H,4,6-7,10-11,14H2,1-3H3,(H,23,29). The van der Waals surface area contributed by atoms with Crippen molar-refractivity contribution in [3.05, 3.63) is 52.2 Å². The fraction of sp³-hybridized carbons (Fsp3) is 0.455. The topological polar surface area (TPSA) is 86.7 Å². The average Bonchev–Trinajstić information content (AvgIpc) is 3.25. The quantitative estimate of drug-likeness (QED) is 0.592. The predicted octanol–water partition coefficient (Wildman–Crippen LogP) is 3.62. The lowest BCUT2D eigenvalue weighted by Gasteiger charge is -2.24. The van der Waals surface area contributed by atoms with Crippen LogP contribution in [-0.4, -0.2) is 35.8 Å². The summed E-state index contributed by atoms with van der Waals surface area (Å²) in [6.45, 7) is 3.79. The second-order valence-corrected chi connectivity index (χ2v) is 8.91. The second-order valence-electron chi connectivity index (χ2n) is 7.96. The lowest BCUT2D eigenvalue weighted by Crippen LogP contribution is -2.23. The van der Waals surface area contributed by atoms with Crippen molar-refractivity contribution in [3.63, 3.8) is 0 Å². The Hall–Kier alpha value is -2.81. The number of benzene rings is 1. The van der Waals surface area contributed by atoms with Crippen LogP contribution in [0.2, 0.25) is 0 Å². The molecule has 0 saturated heterocycles. The summed E-state index contributed by atoms with van der Waals surface area (Å²) in [5.41, 5.74) is 1.52. The SMILES string of the molecule is Cc1nnc(SCC(=O)Nc2c(C)n(C)n(-c3ccccc3)c2=O)n1C1CCCCC1. The summed E-state index contributed by atoms with van der Waals surface area (Å²) < 4.78 is 5.48. The molecule has 0 bridgehead atoms. The second kappa shape index (κ2) is 9.13. The van der Waals surface area contributed by atoms with Crippen LogP contribution in [0.5, 0.6) is 0 Å². The van der Waals surface area contributed by atoms with E-state index in [2.05, 4.69) is 20.1 Å². The van der Waals surface area contributed by atoms with Gasteiger partial charge in [-0.05, 0) is 38.8 Å². The molecule has 2 aromatic heterocycles. The molecule has 8 nitrogen and oxygen atoms in total. The van der Waals surface area contributed by atoms with Gasteiger partial charge in [0.05, 0.1) is 17.1 Å². The number of aryl methyl sites for hydroxylation is 1. The minimum Gasteiger partial charge on any atom is -0.319 e. The van der Waals surface area contributed by atoms with Crippen molar-refractivity contribution in [1.82, 2.24) is 24.1 Å². The zero-order chi connectivity index (χ0) is 22.0. The Kier molecular flexibility index (Phi) is 6.31. The summed E-state index contributed by atoms with van der Waals surface area (Å²) in [7, 11) is 1.81. The van der Waals surface area contributed by atoms with Crippen molar-refractivity contribution in [2.45, 2.75) is 57.1 Å². The van der Waals surface area contributed by atoms with Gasteiger partial charge in [-0.15, -0.1) is 10.2 Å². The van der Waals surface area contributed by atoms with E-state index in [1.54, 1.807) is 9.36 Å². The molecule has 1 aliphatic carbocycles. The van der Waals surface area contributed by atoms with Gasteiger partial charge in [0.2, 0.25) is 5.91 Å². The van der Waals surface area contributed by atoms with Crippen molar-refractivity contribution < 1.29 is 4.79 Å². The maximum Gasteiger partial charge on any atom is 0.295 e. The molecule has 0 spiro atoms. The molecule has 1 saturated carbocycles. The number of thioether (sulfide) groups is 1. The van der Waals surface area contributed by atoms with Crippen LogP contribution in [0.4, 0.5) is 5.69 Å². The molecule has 0 atom stereocenters. The highest BCUT2D eigenvalue weighted by molar-refractivity contribution is 7.99. The van der Waals surface area contributed by atoms with Crippen molar-refractivity contribution in [2.75, 3.05) is 11.1 Å². The molecule has 0 unspecified atom stereocenters. The number of para-hydroxylation sites is 1. The van der Waals surface area contributed by atoms with Crippen molar-refractivity contribution in [3.8, 4) is 5.69 Å². The van der Waals surface area contributed by atoms with Gasteiger partial charge >= 0.3 is 0 Å². The van der Waals surface area contributed by atoms with Gasteiger partial charge in [0.1, 0.15) is 11.5 Å². The summed E-state index contributed by atoms with van der Waals surface area (Å²) in [4.78, 5) is 25.7. The third-order valence-electron chi connectivity index (χ3n) is 5.93. The number of aromatic nitrogens is 5. The van der Waals surface area contributed by atoms with E-state index in [4.69, 9.17) is 0 Å². The number of rotatable bonds is 6. The van der Waals surface area contributed by atoms with E-state index < -0.39 is 0 Å². The summed E-state index contributed by atoms with van der Waals surface area (Å²) in [5.74, 6) is 0.829. The number of carbonyl (C=O) groups excluding carboxylic acids is 1. The third-order valence-corrected chi connectivity index (χ3v) is 6.87. The van der Waals surface area contributed by atoms with Gasteiger partial charge in [0.15, 0.2) is 5.16 Å². The zero-order valence-electron chi connectivity index (χ0n) is 18.2. The fourth-order valence-corrected chi connectivity index (χ4v) is 5.08. The monoisotopic (exact) mass is 440 g/mol. The molecule has 1 amide bonds. The Morgan fingerprint density at radius 3 is 2.55 bits per heavy atom. The van der Waals surface area contributed by atoms with Gasteiger partial charge in [0.25, 0.3) is 5.56 Å². The number of hydrogen-bond donors (Lipinski definition) is 1. The molecule has 0 aliphatic heterocycles. The lowest BCUT2D eigenvalue weighted by molar-refractivity contribution is -0.113. The molecule has 1 fully saturated rings. The van der Waals surface area contributed by atoms with Gasteiger partial charge in [-0.1, -0.05) is 49.2 Å². The van der Waals surface area contributed by atoms with E-state index in [0.29, 0.717) is 17.4 Å². The zero-order valence-corrected chi connectivity index (χ0v) is 19.0. The number of anilines is 1.